The summed E-state index contributed by atoms with van der Waals surface area (Å²) in [5.41, 5.74) is 3.18. The van der Waals surface area contributed by atoms with Crippen molar-refractivity contribution < 1.29 is 14.3 Å². The van der Waals surface area contributed by atoms with Crippen molar-refractivity contribution in [3.05, 3.63) is 82.6 Å². The van der Waals surface area contributed by atoms with Gasteiger partial charge < -0.3 is 14.8 Å². The van der Waals surface area contributed by atoms with Crippen molar-refractivity contribution in [3.63, 3.8) is 0 Å². The molecule has 0 fully saturated rings. The molecule has 0 unspecified atom stereocenters. The number of carbonyl (C=O) groups excluding carboxylic acids is 1. The second-order valence-electron chi connectivity index (χ2n) is 6.99. The molecule has 33 heavy (non-hydrogen) atoms. The number of aromatic nitrogens is 4. The largest absolute Gasteiger partial charge is 0.496 e. The molecule has 0 aliphatic carbocycles. The van der Waals surface area contributed by atoms with Gasteiger partial charge in [-0.25, -0.2) is 9.48 Å². The van der Waals surface area contributed by atoms with Crippen molar-refractivity contribution in [1.82, 2.24) is 25.5 Å². The number of halogens is 2. The van der Waals surface area contributed by atoms with E-state index < -0.39 is 6.09 Å². The minimum Gasteiger partial charge on any atom is -0.496 e. The van der Waals surface area contributed by atoms with Crippen molar-refractivity contribution in [2.24, 2.45) is 0 Å². The monoisotopic (exact) mass is 483 g/mol. The molecule has 0 bridgehead atoms. The first-order valence-electron chi connectivity index (χ1n) is 9.95. The van der Waals surface area contributed by atoms with Crippen LogP contribution >= 0.6 is 23.2 Å². The van der Waals surface area contributed by atoms with Crippen LogP contribution in [0.25, 0.3) is 16.8 Å². The topological polar surface area (TPSA) is 91.2 Å². The Balaban J connectivity index is 1.52. The Labute approximate surface area is 200 Å². The van der Waals surface area contributed by atoms with Gasteiger partial charge in [0.25, 0.3) is 0 Å². The van der Waals surface area contributed by atoms with Crippen LogP contribution in [0.2, 0.25) is 10.0 Å². The quantitative estimate of drug-likeness (QED) is 0.398. The number of amides is 1. The third-order valence-electron chi connectivity index (χ3n) is 4.80. The van der Waals surface area contributed by atoms with Gasteiger partial charge in [0.05, 0.1) is 22.8 Å². The van der Waals surface area contributed by atoms with Crippen molar-refractivity contribution in [2.45, 2.75) is 6.42 Å². The van der Waals surface area contributed by atoms with E-state index in [-0.39, 0.29) is 0 Å². The maximum absolute atomic E-state index is 12.4. The van der Waals surface area contributed by atoms with Crippen LogP contribution in [0.1, 0.15) is 5.56 Å². The van der Waals surface area contributed by atoms with E-state index in [0.717, 1.165) is 16.7 Å². The Bertz CT molecular complexity index is 1260. The lowest BCUT2D eigenvalue weighted by molar-refractivity contribution is 0.200. The molecular weight excluding hydrogens is 465 g/mol. The fraction of sp³-hybridized carbons (Fsp3) is 0.130. The van der Waals surface area contributed by atoms with Crippen molar-refractivity contribution in [1.29, 1.82) is 0 Å². The average Bonchev–Trinajstić information content (AvgIpc) is 3.36. The van der Waals surface area contributed by atoms with Gasteiger partial charge in [-0.2, -0.15) is 0 Å². The lowest BCUT2D eigenvalue weighted by Crippen LogP contribution is -2.28. The van der Waals surface area contributed by atoms with Gasteiger partial charge >= 0.3 is 6.09 Å². The highest BCUT2D eigenvalue weighted by molar-refractivity contribution is 6.42. The van der Waals surface area contributed by atoms with Gasteiger partial charge in [-0.15, -0.1) is 5.10 Å². The summed E-state index contributed by atoms with van der Waals surface area (Å²) in [6.07, 6.45) is 1.45. The summed E-state index contributed by atoms with van der Waals surface area (Å²) < 4.78 is 12.5. The molecule has 0 aliphatic heterocycles. The molecule has 168 valence electrons. The number of rotatable bonds is 7. The van der Waals surface area contributed by atoms with Gasteiger partial charge in [-0.3, -0.25) is 0 Å². The summed E-state index contributed by atoms with van der Waals surface area (Å²) in [5, 5.41) is 15.0. The number of benzene rings is 3. The fourth-order valence-corrected chi connectivity index (χ4v) is 3.56. The molecule has 0 atom stereocenters. The van der Waals surface area contributed by atoms with Gasteiger partial charge in [0.1, 0.15) is 17.8 Å². The number of carbonyl (C=O) groups is 1. The molecule has 1 heterocycles. The van der Waals surface area contributed by atoms with Crippen LogP contribution in [0, 0.1) is 0 Å². The second kappa shape index (κ2) is 10.3. The molecule has 4 rings (SSSR count). The Morgan fingerprint density at radius 1 is 1.06 bits per heavy atom. The number of tetrazole rings is 1. The first kappa shape index (κ1) is 22.6. The molecule has 1 N–H and O–H groups in total. The van der Waals surface area contributed by atoms with E-state index in [1.54, 1.807) is 31.4 Å². The second-order valence-corrected chi connectivity index (χ2v) is 7.80. The highest BCUT2D eigenvalue weighted by Gasteiger charge is 2.13. The van der Waals surface area contributed by atoms with E-state index >= 15 is 0 Å². The zero-order valence-corrected chi connectivity index (χ0v) is 19.0. The van der Waals surface area contributed by atoms with Gasteiger partial charge in [-0.05, 0) is 58.3 Å². The zero-order chi connectivity index (χ0) is 23.2. The highest BCUT2D eigenvalue weighted by Crippen LogP contribution is 2.33. The Kier molecular flexibility index (Phi) is 7.07. The summed E-state index contributed by atoms with van der Waals surface area (Å²) in [6, 6.07) is 18.2. The normalized spacial score (nSPS) is 10.6. The molecule has 0 aliphatic rings. The molecule has 0 saturated heterocycles. The number of nitrogens with one attached hydrogen (secondary N) is 1. The summed E-state index contributed by atoms with van der Waals surface area (Å²) in [4.78, 5) is 12.4. The van der Waals surface area contributed by atoms with E-state index in [2.05, 4.69) is 20.8 Å². The zero-order valence-electron chi connectivity index (χ0n) is 17.5. The van der Waals surface area contributed by atoms with Gasteiger partial charge in [0.15, 0.2) is 0 Å². The molecule has 1 aromatic heterocycles. The fourth-order valence-electron chi connectivity index (χ4n) is 3.24. The average molecular weight is 484 g/mol. The van der Waals surface area contributed by atoms with E-state index in [4.69, 9.17) is 32.7 Å². The number of methoxy groups -OCH3 is 1. The Morgan fingerprint density at radius 3 is 2.67 bits per heavy atom. The smallest absolute Gasteiger partial charge is 0.412 e. The summed E-state index contributed by atoms with van der Waals surface area (Å²) >= 11 is 12.0. The summed E-state index contributed by atoms with van der Waals surface area (Å²) in [7, 11) is 1.60. The molecule has 0 spiro atoms. The minimum atomic E-state index is -0.588. The van der Waals surface area contributed by atoms with Crippen LogP contribution in [-0.4, -0.2) is 40.0 Å². The lowest BCUT2D eigenvalue weighted by Gasteiger charge is -2.13. The molecular formula is C23H19Cl2N5O3. The van der Waals surface area contributed by atoms with E-state index in [1.165, 1.54) is 11.0 Å². The predicted octanol–water partition coefficient (Wildman–Crippen LogP) is 4.98. The molecule has 0 saturated carbocycles. The van der Waals surface area contributed by atoms with Crippen LogP contribution in [-0.2, 0) is 6.42 Å². The number of para-hydroxylation sites is 1. The van der Waals surface area contributed by atoms with Crippen LogP contribution in [0.4, 0.5) is 4.79 Å². The molecule has 4 aromatic rings. The molecule has 0 radical (unpaired) electrons. The van der Waals surface area contributed by atoms with Crippen LogP contribution in [0.5, 0.6) is 11.5 Å². The van der Waals surface area contributed by atoms with Crippen LogP contribution < -0.4 is 14.8 Å². The molecule has 1 amide bonds. The molecule has 3 aromatic carbocycles. The highest BCUT2D eigenvalue weighted by atomic mass is 35.5. The van der Waals surface area contributed by atoms with Crippen molar-refractivity contribution >= 4 is 29.3 Å². The first-order chi connectivity index (χ1) is 16.0. The van der Waals surface area contributed by atoms with Crippen LogP contribution in [0.15, 0.2) is 67.0 Å². The predicted molar refractivity (Wildman–Crippen MR) is 125 cm³/mol. The maximum Gasteiger partial charge on any atom is 0.412 e. The summed E-state index contributed by atoms with van der Waals surface area (Å²) in [6.45, 7) is 0.364. The lowest BCUT2D eigenvalue weighted by atomic mass is 10.0. The Hall–Kier alpha value is -3.62. The van der Waals surface area contributed by atoms with Gasteiger partial charge in [0, 0.05) is 18.2 Å². The number of nitrogens with zero attached hydrogens (tertiary/aromatic N) is 4. The van der Waals surface area contributed by atoms with E-state index in [9.17, 15) is 4.79 Å². The maximum atomic E-state index is 12.4. The number of hydrogen-bond acceptors (Lipinski definition) is 6. The Morgan fingerprint density at radius 2 is 1.91 bits per heavy atom. The SMILES string of the molecule is COc1ccccc1-c1cc(OC(=O)NCCc2ccc(Cl)c(Cl)c2)cc(-n2cnnn2)c1. The minimum absolute atomic E-state index is 0.330. The molecule has 8 nitrogen and oxygen atoms in total. The standard InChI is InChI=1S/C23H19Cl2N5O3/c1-32-22-5-3-2-4-19(22)16-11-17(30-14-27-28-29-30)13-18(12-16)33-23(31)26-9-8-15-6-7-20(24)21(25)10-15/h2-7,10-14H,8-9H2,1H3,(H,26,31). The third-order valence-corrected chi connectivity index (χ3v) is 5.54. The van der Waals surface area contributed by atoms with Crippen molar-refractivity contribution in [2.75, 3.05) is 13.7 Å². The third kappa shape index (κ3) is 5.60. The van der Waals surface area contributed by atoms with E-state index in [0.29, 0.717) is 40.2 Å². The first-order valence-corrected chi connectivity index (χ1v) is 10.7. The molecule has 10 heteroatoms. The summed E-state index contributed by atoms with van der Waals surface area (Å²) in [5.74, 6) is 1.01. The van der Waals surface area contributed by atoms with Crippen LogP contribution in [0.3, 0.4) is 0 Å². The van der Waals surface area contributed by atoms with Gasteiger partial charge in [-0.1, -0.05) is 47.5 Å². The number of hydrogen-bond donors (Lipinski definition) is 1. The van der Waals surface area contributed by atoms with Crippen molar-refractivity contribution in [3.8, 4) is 28.3 Å². The van der Waals surface area contributed by atoms with E-state index in [1.807, 2.05) is 36.4 Å². The number of ether oxygens (including phenoxy) is 2. The van der Waals surface area contributed by atoms with Gasteiger partial charge in [0.2, 0.25) is 0 Å².